The third-order valence-corrected chi connectivity index (χ3v) is 7.41. The van der Waals surface area contributed by atoms with Crippen LogP contribution in [0.2, 0.25) is 0 Å². The summed E-state index contributed by atoms with van der Waals surface area (Å²) in [6.45, 7) is 1.39. The van der Waals surface area contributed by atoms with Crippen molar-refractivity contribution in [2.45, 2.75) is 29.1 Å². The van der Waals surface area contributed by atoms with Crippen molar-refractivity contribution < 1.29 is 23.1 Å². The van der Waals surface area contributed by atoms with Gasteiger partial charge < -0.3 is 10.4 Å². The minimum atomic E-state index is -3.78. The molecule has 3 N–H and O–H groups in total. The molecule has 1 aromatic heterocycles. The van der Waals surface area contributed by atoms with Crippen molar-refractivity contribution >= 4 is 45.0 Å². The van der Waals surface area contributed by atoms with E-state index in [4.69, 9.17) is 0 Å². The van der Waals surface area contributed by atoms with E-state index in [-0.39, 0.29) is 9.96 Å². The van der Waals surface area contributed by atoms with Gasteiger partial charge in [0.2, 0.25) is 5.91 Å². The van der Waals surface area contributed by atoms with Crippen LogP contribution in [0.4, 0.5) is 0 Å². The molecule has 1 aliphatic rings. The Labute approximate surface area is 136 Å². The molecule has 1 aromatic rings. The van der Waals surface area contributed by atoms with E-state index in [0.29, 0.717) is 12.2 Å². The number of aliphatic carboxylic acids is 1. The maximum atomic E-state index is 12.1. The summed E-state index contributed by atoms with van der Waals surface area (Å²) >= 11 is 2.48. The zero-order valence-corrected chi connectivity index (χ0v) is 14.2. The van der Waals surface area contributed by atoms with Crippen LogP contribution in [-0.2, 0) is 19.6 Å². The van der Waals surface area contributed by atoms with Crippen molar-refractivity contribution in [3.05, 3.63) is 17.5 Å². The standard InChI is InChI=1S/C12H16N2O5S3/c1-8(14-22(18,19)9-3-2-5-21-9)10(15)13-12(11(16)17)4-6-20-7-12/h2-3,5,8,14H,4,6-7H2,1H3,(H,13,15)(H,16,17). The summed E-state index contributed by atoms with van der Waals surface area (Å²) in [5.74, 6) is -0.829. The Hall–Kier alpha value is -1.10. The van der Waals surface area contributed by atoms with Gasteiger partial charge in [-0.1, -0.05) is 6.07 Å². The summed E-state index contributed by atoms with van der Waals surface area (Å²) in [5.41, 5.74) is -1.32. The van der Waals surface area contributed by atoms with Gasteiger partial charge in [-0.05, 0) is 30.5 Å². The van der Waals surface area contributed by atoms with Crippen LogP contribution in [0.3, 0.4) is 0 Å². The molecule has 2 unspecified atom stereocenters. The quantitative estimate of drug-likeness (QED) is 0.677. The van der Waals surface area contributed by atoms with Gasteiger partial charge in [0.1, 0.15) is 9.75 Å². The van der Waals surface area contributed by atoms with Gasteiger partial charge in [-0.25, -0.2) is 13.2 Å². The van der Waals surface area contributed by atoms with E-state index in [9.17, 15) is 23.1 Å². The number of amides is 1. The van der Waals surface area contributed by atoms with Crippen molar-refractivity contribution in [2.75, 3.05) is 11.5 Å². The Morgan fingerprint density at radius 1 is 1.45 bits per heavy atom. The Bertz CT molecular complexity index is 650. The molecule has 0 aromatic carbocycles. The summed E-state index contributed by atoms with van der Waals surface area (Å²) < 4.78 is 26.5. The molecule has 0 bridgehead atoms. The molecule has 1 fully saturated rings. The zero-order valence-electron chi connectivity index (χ0n) is 11.7. The number of hydrogen-bond acceptors (Lipinski definition) is 6. The fourth-order valence-electron chi connectivity index (χ4n) is 1.99. The lowest BCUT2D eigenvalue weighted by molar-refractivity contribution is -0.146. The Morgan fingerprint density at radius 2 is 2.18 bits per heavy atom. The number of nitrogens with one attached hydrogen (secondary N) is 2. The molecule has 22 heavy (non-hydrogen) atoms. The average Bonchev–Trinajstić information content (AvgIpc) is 3.10. The van der Waals surface area contributed by atoms with Crippen LogP contribution in [0.15, 0.2) is 21.7 Å². The zero-order chi connectivity index (χ0) is 16.4. The molecular weight excluding hydrogens is 348 g/mol. The summed E-state index contributed by atoms with van der Waals surface area (Å²) in [5, 5.41) is 13.4. The number of carboxylic acid groups (broad SMARTS) is 1. The first-order valence-corrected chi connectivity index (χ1v) is 9.98. The molecule has 1 saturated heterocycles. The van der Waals surface area contributed by atoms with E-state index < -0.39 is 33.5 Å². The van der Waals surface area contributed by atoms with Gasteiger partial charge in [0.25, 0.3) is 10.0 Å². The highest BCUT2D eigenvalue weighted by Crippen LogP contribution is 2.28. The second-order valence-corrected chi connectivity index (χ2v) is 8.95. The Morgan fingerprint density at radius 3 is 2.68 bits per heavy atom. The van der Waals surface area contributed by atoms with E-state index in [0.717, 1.165) is 11.3 Å². The summed E-state index contributed by atoms with van der Waals surface area (Å²) in [7, 11) is -3.78. The van der Waals surface area contributed by atoms with Crippen LogP contribution in [0.25, 0.3) is 0 Å². The summed E-state index contributed by atoms with van der Waals surface area (Å²) in [6.07, 6.45) is 0.323. The minimum Gasteiger partial charge on any atom is -0.479 e. The van der Waals surface area contributed by atoms with Gasteiger partial charge in [0.15, 0.2) is 0 Å². The second kappa shape index (κ2) is 6.57. The highest BCUT2D eigenvalue weighted by molar-refractivity contribution is 7.99. The normalized spacial score (nSPS) is 23.1. The fourth-order valence-corrected chi connectivity index (χ4v) is 5.53. The molecule has 10 heteroatoms. The lowest BCUT2D eigenvalue weighted by Gasteiger charge is -2.26. The molecule has 2 atom stereocenters. The number of carbonyl (C=O) groups is 2. The molecule has 1 aliphatic heterocycles. The predicted molar refractivity (Wildman–Crippen MR) is 84.6 cm³/mol. The van der Waals surface area contributed by atoms with Gasteiger partial charge in [-0.3, -0.25) is 4.79 Å². The van der Waals surface area contributed by atoms with Crippen molar-refractivity contribution in [2.24, 2.45) is 0 Å². The second-order valence-electron chi connectivity index (χ2n) is 4.95. The number of thiophene rings is 1. The third kappa shape index (κ3) is 3.62. The SMILES string of the molecule is CC(NS(=O)(=O)c1cccs1)C(=O)NC1(C(=O)O)CCSC1. The van der Waals surface area contributed by atoms with Gasteiger partial charge in [-0.15, -0.1) is 11.3 Å². The fraction of sp³-hybridized carbons (Fsp3) is 0.500. The van der Waals surface area contributed by atoms with Crippen molar-refractivity contribution in [3.63, 3.8) is 0 Å². The topological polar surface area (TPSA) is 113 Å². The minimum absolute atomic E-state index is 0.108. The first kappa shape index (κ1) is 17.3. The smallest absolute Gasteiger partial charge is 0.330 e. The molecular formula is C12H16N2O5S3. The number of rotatable bonds is 6. The van der Waals surface area contributed by atoms with E-state index in [1.165, 1.54) is 24.8 Å². The van der Waals surface area contributed by atoms with Crippen LogP contribution in [0.5, 0.6) is 0 Å². The third-order valence-electron chi connectivity index (χ3n) is 3.28. The number of sulfonamides is 1. The lowest BCUT2D eigenvalue weighted by atomic mass is 9.99. The van der Waals surface area contributed by atoms with E-state index in [2.05, 4.69) is 10.0 Å². The van der Waals surface area contributed by atoms with Crippen molar-refractivity contribution in [3.8, 4) is 0 Å². The summed E-state index contributed by atoms with van der Waals surface area (Å²) in [4.78, 5) is 23.5. The van der Waals surface area contributed by atoms with Gasteiger partial charge in [-0.2, -0.15) is 16.5 Å². The predicted octanol–water partition coefficient (Wildman–Crippen LogP) is 0.491. The van der Waals surface area contributed by atoms with E-state index in [1.807, 2.05) is 0 Å². The van der Waals surface area contributed by atoms with Gasteiger partial charge >= 0.3 is 5.97 Å². The summed E-state index contributed by atoms with van der Waals surface area (Å²) in [6, 6.07) is 1.97. The van der Waals surface area contributed by atoms with Crippen LogP contribution >= 0.6 is 23.1 Å². The Kier molecular flexibility index (Phi) is 5.15. The van der Waals surface area contributed by atoms with E-state index in [1.54, 1.807) is 11.4 Å². The Balaban J connectivity index is 2.05. The maximum absolute atomic E-state index is 12.1. The van der Waals surface area contributed by atoms with E-state index >= 15 is 0 Å². The van der Waals surface area contributed by atoms with Crippen molar-refractivity contribution in [1.82, 2.24) is 10.0 Å². The molecule has 0 saturated carbocycles. The van der Waals surface area contributed by atoms with Crippen LogP contribution in [0, 0.1) is 0 Å². The first-order chi connectivity index (χ1) is 10.3. The van der Waals surface area contributed by atoms with Crippen molar-refractivity contribution in [1.29, 1.82) is 0 Å². The molecule has 2 rings (SSSR count). The molecule has 7 nitrogen and oxygen atoms in total. The molecule has 2 heterocycles. The largest absolute Gasteiger partial charge is 0.479 e. The van der Waals surface area contributed by atoms with Crippen LogP contribution < -0.4 is 10.0 Å². The highest BCUT2D eigenvalue weighted by atomic mass is 32.2. The number of thioether (sulfide) groups is 1. The maximum Gasteiger partial charge on any atom is 0.330 e. The van der Waals surface area contributed by atoms with Gasteiger partial charge in [0, 0.05) is 5.75 Å². The van der Waals surface area contributed by atoms with Crippen LogP contribution in [-0.4, -0.2) is 48.5 Å². The molecule has 122 valence electrons. The number of carbonyl (C=O) groups excluding carboxylic acids is 1. The highest BCUT2D eigenvalue weighted by Gasteiger charge is 2.44. The molecule has 0 aliphatic carbocycles. The monoisotopic (exact) mass is 364 g/mol. The average molecular weight is 364 g/mol. The lowest BCUT2D eigenvalue weighted by Crippen LogP contribution is -2.59. The number of hydrogen-bond donors (Lipinski definition) is 3. The molecule has 0 radical (unpaired) electrons. The van der Waals surface area contributed by atoms with Gasteiger partial charge in [0.05, 0.1) is 6.04 Å². The van der Waals surface area contributed by atoms with Crippen LogP contribution in [0.1, 0.15) is 13.3 Å². The number of carboxylic acids is 1. The molecule has 1 amide bonds. The first-order valence-electron chi connectivity index (χ1n) is 6.46. The molecule has 0 spiro atoms.